The molecule has 0 aliphatic carbocycles. The normalized spacial score (nSPS) is 11.1. The summed E-state index contributed by atoms with van der Waals surface area (Å²) in [5.74, 6) is 1.48. The Hall–Kier alpha value is -2.46. The third-order valence-electron chi connectivity index (χ3n) is 2.83. The fourth-order valence-electron chi connectivity index (χ4n) is 1.80. The molecule has 23 heavy (non-hydrogen) atoms. The number of nitrogens with zero attached hydrogens (tertiary/aromatic N) is 1. The number of terminal acetylenes is 1. The highest BCUT2D eigenvalue weighted by Crippen LogP contribution is 2.37. The molecule has 0 bridgehead atoms. The van der Waals surface area contributed by atoms with E-state index in [0.29, 0.717) is 12.3 Å². The van der Waals surface area contributed by atoms with Gasteiger partial charge in [-0.25, -0.2) is 4.39 Å². The summed E-state index contributed by atoms with van der Waals surface area (Å²) in [7, 11) is 0. The van der Waals surface area contributed by atoms with Crippen LogP contribution in [0.25, 0.3) is 11.3 Å². The van der Waals surface area contributed by atoms with Crippen molar-refractivity contribution in [1.29, 1.82) is 0 Å². The Labute approximate surface area is 134 Å². The molecule has 0 amide bonds. The number of hydrogen-bond acceptors (Lipinski definition) is 3. The zero-order chi connectivity index (χ0) is 17.2. The Bertz CT molecular complexity index is 784. The molecule has 0 aliphatic heterocycles. The summed E-state index contributed by atoms with van der Waals surface area (Å²) in [6.45, 7) is -0.110. The third kappa shape index (κ3) is 3.66. The summed E-state index contributed by atoms with van der Waals surface area (Å²) in [5.41, 5.74) is 3.91. The second-order valence-electron chi connectivity index (χ2n) is 4.41. The number of rotatable bonds is 3. The zero-order valence-corrected chi connectivity index (χ0v) is 12.2. The van der Waals surface area contributed by atoms with Crippen molar-refractivity contribution in [2.75, 3.05) is 12.3 Å². The average Bonchev–Trinajstić information content (AvgIpc) is 2.46. The smallest absolute Gasteiger partial charge is 0.417 e. The Kier molecular flexibility index (Phi) is 4.66. The van der Waals surface area contributed by atoms with E-state index in [1.54, 1.807) is 0 Å². The van der Waals surface area contributed by atoms with Crippen LogP contribution in [0.15, 0.2) is 24.4 Å². The van der Waals surface area contributed by atoms with Crippen molar-refractivity contribution < 1.29 is 22.3 Å². The van der Waals surface area contributed by atoms with Crippen LogP contribution < -0.4 is 10.5 Å². The van der Waals surface area contributed by atoms with E-state index < -0.39 is 17.6 Å². The highest BCUT2D eigenvalue weighted by Gasteiger charge is 2.31. The van der Waals surface area contributed by atoms with E-state index in [9.17, 15) is 17.6 Å². The molecule has 1 heterocycles. The number of alkyl halides is 3. The molecule has 120 valence electrons. The minimum atomic E-state index is -4.60. The Morgan fingerprint density at radius 2 is 2.00 bits per heavy atom. The van der Waals surface area contributed by atoms with E-state index in [1.165, 1.54) is 6.07 Å². The summed E-state index contributed by atoms with van der Waals surface area (Å²) in [6, 6.07) is 2.81. The van der Waals surface area contributed by atoms with Gasteiger partial charge in [-0.15, -0.1) is 6.42 Å². The van der Waals surface area contributed by atoms with E-state index in [2.05, 4.69) is 10.9 Å². The van der Waals surface area contributed by atoms with Gasteiger partial charge in [0.2, 0.25) is 0 Å². The van der Waals surface area contributed by atoms with Gasteiger partial charge in [0.15, 0.2) is 0 Å². The lowest BCUT2D eigenvalue weighted by Crippen LogP contribution is -2.08. The lowest BCUT2D eigenvalue weighted by molar-refractivity contribution is -0.137. The first-order valence-electron chi connectivity index (χ1n) is 6.12. The second-order valence-corrected chi connectivity index (χ2v) is 4.82. The third-order valence-corrected chi connectivity index (χ3v) is 3.13. The van der Waals surface area contributed by atoms with Crippen molar-refractivity contribution in [2.45, 2.75) is 6.18 Å². The molecular formula is C15H9ClF4N2O. The molecule has 0 spiro atoms. The molecule has 1 aromatic heterocycles. The minimum Gasteiger partial charge on any atom is -0.479 e. The van der Waals surface area contributed by atoms with Crippen molar-refractivity contribution in [2.24, 2.45) is 0 Å². The maximum Gasteiger partial charge on any atom is 0.417 e. The van der Waals surface area contributed by atoms with E-state index in [-0.39, 0.29) is 34.3 Å². The number of pyridine rings is 1. The van der Waals surface area contributed by atoms with Gasteiger partial charge in [-0.1, -0.05) is 17.5 Å². The molecule has 0 radical (unpaired) electrons. The van der Waals surface area contributed by atoms with Crippen LogP contribution >= 0.6 is 11.6 Å². The fraction of sp³-hybridized carbons (Fsp3) is 0.133. The lowest BCUT2D eigenvalue weighted by Gasteiger charge is -2.12. The first-order valence-corrected chi connectivity index (χ1v) is 6.50. The van der Waals surface area contributed by atoms with E-state index in [4.69, 9.17) is 28.5 Å². The van der Waals surface area contributed by atoms with Gasteiger partial charge in [-0.2, -0.15) is 13.2 Å². The van der Waals surface area contributed by atoms with Gasteiger partial charge in [-0.3, -0.25) is 4.98 Å². The first kappa shape index (κ1) is 16.9. The monoisotopic (exact) mass is 344 g/mol. The van der Waals surface area contributed by atoms with Crippen LogP contribution in [0.5, 0.6) is 5.75 Å². The number of halogens is 5. The Morgan fingerprint density at radius 1 is 1.30 bits per heavy atom. The molecule has 0 fully saturated rings. The van der Waals surface area contributed by atoms with Crippen LogP contribution in [0.4, 0.5) is 23.2 Å². The molecule has 0 aliphatic rings. The van der Waals surface area contributed by atoms with Crippen molar-refractivity contribution in [3.63, 3.8) is 0 Å². The fourth-order valence-corrected chi connectivity index (χ4v) is 2.01. The van der Waals surface area contributed by atoms with Crippen molar-refractivity contribution in [1.82, 2.24) is 4.98 Å². The van der Waals surface area contributed by atoms with Crippen LogP contribution in [-0.2, 0) is 6.18 Å². The predicted molar refractivity (Wildman–Crippen MR) is 78.4 cm³/mol. The molecular weight excluding hydrogens is 336 g/mol. The maximum absolute atomic E-state index is 14.1. The van der Waals surface area contributed by atoms with Gasteiger partial charge in [0.05, 0.1) is 22.0 Å². The van der Waals surface area contributed by atoms with Crippen LogP contribution in [0, 0.1) is 18.2 Å². The topological polar surface area (TPSA) is 48.1 Å². The van der Waals surface area contributed by atoms with Crippen molar-refractivity contribution >= 4 is 17.3 Å². The van der Waals surface area contributed by atoms with Gasteiger partial charge in [0, 0.05) is 11.8 Å². The highest BCUT2D eigenvalue weighted by molar-refractivity contribution is 6.32. The number of anilines is 1. The average molecular weight is 345 g/mol. The summed E-state index contributed by atoms with van der Waals surface area (Å²) in [5, 5.41) is -0.0352. The Morgan fingerprint density at radius 3 is 2.57 bits per heavy atom. The number of nitrogen functional groups attached to an aromatic ring is 1. The summed E-state index contributed by atoms with van der Waals surface area (Å²) < 4.78 is 57.0. The largest absolute Gasteiger partial charge is 0.479 e. The zero-order valence-electron chi connectivity index (χ0n) is 11.4. The number of hydrogen-bond donors (Lipinski definition) is 1. The number of benzene rings is 1. The molecule has 0 saturated heterocycles. The molecule has 2 aromatic rings. The highest BCUT2D eigenvalue weighted by atomic mass is 35.5. The standard InChI is InChI=1S/C15H9ClF4N2O/c1-2-3-23-13-5-9(11(17)6-10(13)16)14-12(21)4-8(7-22-14)15(18,19)20/h1,4-7H,3,21H2. The maximum atomic E-state index is 14.1. The van der Waals surface area contributed by atoms with E-state index >= 15 is 0 Å². The van der Waals surface area contributed by atoms with Crippen LogP contribution in [0.1, 0.15) is 5.56 Å². The Balaban J connectivity index is 2.52. The molecule has 3 nitrogen and oxygen atoms in total. The molecule has 0 saturated carbocycles. The number of ether oxygens (including phenoxy) is 1. The molecule has 0 atom stereocenters. The lowest BCUT2D eigenvalue weighted by atomic mass is 10.1. The predicted octanol–water partition coefficient (Wildman–Crippen LogP) is 4.15. The summed E-state index contributed by atoms with van der Waals surface area (Å²) in [6.07, 6.45) is 1.03. The van der Waals surface area contributed by atoms with E-state index in [1.807, 2.05) is 0 Å². The van der Waals surface area contributed by atoms with E-state index in [0.717, 1.165) is 6.07 Å². The van der Waals surface area contributed by atoms with Gasteiger partial charge in [0.25, 0.3) is 0 Å². The van der Waals surface area contributed by atoms with Gasteiger partial charge < -0.3 is 10.5 Å². The van der Waals surface area contributed by atoms with Crippen molar-refractivity contribution in [3.05, 3.63) is 40.8 Å². The van der Waals surface area contributed by atoms with Gasteiger partial charge in [0.1, 0.15) is 18.2 Å². The van der Waals surface area contributed by atoms with Gasteiger partial charge in [-0.05, 0) is 18.2 Å². The second kappa shape index (κ2) is 6.34. The molecule has 0 unspecified atom stereocenters. The van der Waals surface area contributed by atoms with Crippen LogP contribution in [-0.4, -0.2) is 11.6 Å². The number of nitrogens with two attached hydrogens (primary N) is 1. The quantitative estimate of drug-likeness (QED) is 0.672. The number of aromatic nitrogens is 1. The summed E-state index contributed by atoms with van der Waals surface area (Å²) >= 11 is 5.82. The van der Waals surface area contributed by atoms with Crippen molar-refractivity contribution in [3.8, 4) is 29.4 Å². The molecule has 8 heteroatoms. The van der Waals surface area contributed by atoms with Gasteiger partial charge >= 0.3 is 6.18 Å². The summed E-state index contributed by atoms with van der Waals surface area (Å²) in [4.78, 5) is 3.60. The molecule has 2 N–H and O–H groups in total. The van der Waals surface area contributed by atoms with Crippen LogP contribution in [0.2, 0.25) is 5.02 Å². The van der Waals surface area contributed by atoms with Crippen LogP contribution in [0.3, 0.4) is 0 Å². The SMILES string of the molecule is C#CCOc1cc(-c2ncc(C(F)(F)F)cc2N)c(F)cc1Cl. The molecule has 1 aromatic carbocycles. The molecule has 2 rings (SSSR count). The minimum absolute atomic E-state index is 0.0352. The first-order chi connectivity index (χ1) is 10.7.